The molecule has 1 aromatic rings. The summed E-state index contributed by atoms with van der Waals surface area (Å²) < 4.78 is 38.4. The molecular weight excluding hydrogens is 372 g/mol. The minimum atomic E-state index is -3.58. The van der Waals surface area contributed by atoms with Gasteiger partial charge in [0.25, 0.3) is 0 Å². The topological polar surface area (TPSA) is 59.1 Å². The molecule has 0 bridgehead atoms. The lowest BCUT2D eigenvalue weighted by atomic mass is 9.94. The smallest absolute Gasteiger partial charge is 0.246 e. The van der Waals surface area contributed by atoms with Gasteiger partial charge in [-0.2, -0.15) is 16.1 Å². The summed E-state index contributed by atoms with van der Waals surface area (Å²) in [6.07, 6.45) is 3.69. The summed E-state index contributed by atoms with van der Waals surface area (Å²) in [5.74, 6) is 2.00. The third-order valence-corrected chi connectivity index (χ3v) is 9.17. The molecule has 0 saturated carbocycles. The summed E-state index contributed by atoms with van der Waals surface area (Å²) in [6.45, 7) is 3.57. The van der Waals surface area contributed by atoms with Crippen molar-refractivity contribution in [3.63, 3.8) is 0 Å². The lowest BCUT2D eigenvalue weighted by Crippen LogP contribution is -2.60. The van der Waals surface area contributed by atoms with E-state index in [1.807, 2.05) is 11.8 Å². The predicted molar refractivity (Wildman–Crippen MR) is 103 cm³/mol. The predicted octanol–water partition coefficient (Wildman–Crippen LogP) is 2.05. The maximum absolute atomic E-state index is 13.1. The SMILES string of the molecule is COc1ccc(OC)c(S(=O)(=O)N2CC3(CC(N4CCCC4)CS3)C2)c1. The number of methoxy groups -OCH3 is 2. The Morgan fingerprint density at radius 1 is 1.15 bits per heavy atom. The number of ether oxygens (including phenoxy) is 2. The van der Waals surface area contributed by atoms with Crippen LogP contribution in [0.4, 0.5) is 0 Å². The first-order valence-electron chi connectivity index (χ1n) is 9.08. The molecule has 3 saturated heterocycles. The standard InChI is InChI=1S/C18H26N2O4S2/c1-23-15-5-6-16(24-2)17(9-15)26(21,22)20-12-18(13-20)10-14(11-25-18)19-7-3-4-8-19/h5-6,9,14H,3-4,7-8,10-13H2,1-2H3. The summed E-state index contributed by atoms with van der Waals surface area (Å²) in [6, 6.07) is 5.52. The van der Waals surface area contributed by atoms with E-state index in [-0.39, 0.29) is 9.64 Å². The largest absolute Gasteiger partial charge is 0.497 e. The van der Waals surface area contributed by atoms with E-state index in [0.29, 0.717) is 30.6 Å². The van der Waals surface area contributed by atoms with Crippen molar-refractivity contribution in [3.8, 4) is 11.5 Å². The normalized spacial score (nSPS) is 26.2. The molecule has 4 rings (SSSR count). The van der Waals surface area contributed by atoms with Gasteiger partial charge in [0.15, 0.2) is 0 Å². The van der Waals surface area contributed by atoms with Gasteiger partial charge in [0, 0.05) is 35.7 Å². The molecule has 0 radical (unpaired) electrons. The third kappa shape index (κ3) is 3.10. The zero-order valence-electron chi connectivity index (χ0n) is 15.3. The van der Waals surface area contributed by atoms with Crippen molar-refractivity contribution in [3.05, 3.63) is 18.2 Å². The Morgan fingerprint density at radius 2 is 1.88 bits per heavy atom. The second-order valence-electron chi connectivity index (χ2n) is 7.38. The van der Waals surface area contributed by atoms with Crippen molar-refractivity contribution < 1.29 is 17.9 Å². The number of benzene rings is 1. The second-order valence-corrected chi connectivity index (χ2v) is 10.8. The molecule has 1 unspecified atom stereocenters. The zero-order chi connectivity index (χ0) is 18.4. The van der Waals surface area contributed by atoms with Crippen LogP contribution in [0.5, 0.6) is 11.5 Å². The Kier molecular flexibility index (Phi) is 4.88. The molecule has 0 aromatic heterocycles. The van der Waals surface area contributed by atoms with Crippen molar-refractivity contribution in [2.24, 2.45) is 0 Å². The number of hydrogen-bond donors (Lipinski definition) is 0. The summed E-state index contributed by atoms with van der Waals surface area (Å²) in [7, 11) is -0.552. The lowest BCUT2D eigenvalue weighted by molar-refractivity contribution is 0.179. The van der Waals surface area contributed by atoms with E-state index >= 15 is 0 Å². The molecule has 1 aromatic carbocycles. The third-order valence-electron chi connectivity index (χ3n) is 5.76. The molecular formula is C18H26N2O4S2. The Bertz CT molecular complexity index is 771. The average molecular weight is 399 g/mol. The first-order valence-corrected chi connectivity index (χ1v) is 11.5. The Morgan fingerprint density at radius 3 is 2.54 bits per heavy atom. The van der Waals surface area contributed by atoms with Crippen LogP contribution in [0.15, 0.2) is 23.1 Å². The van der Waals surface area contributed by atoms with Gasteiger partial charge in [-0.1, -0.05) is 0 Å². The molecule has 1 spiro atoms. The zero-order valence-corrected chi connectivity index (χ0v) is 16.9. The minimum Gasteiger partial charge on any atom is -0.497 e. The molecule has 3 aliphatic rings. The first kappa shape index (κ1) is 18.4. The number of likely N-dealkylation sites (tertiary alicyclic amines) is 1. The minimum absolute atomic E-state index is 0.0897. The Balaban J connectivity index is 1.48. The fourth-order valence-electron chi connectivity index (χ4n) is 4.27. The average Bonchev–Trinajstić information content (AvgIpc) is 3.29. The van der Waals surface area contributed by atoms with Crippen molar-refractivity contribution in [2.45, 2.75) is 34.9 Å². The highest BCUT2D eigenvalue weighted by Crippen LogP contribution is 2.49. The monoisotopic (exact) mass is 398 g/mol. The van der Waals surface area contributed by atoms with Gasteiger partial charge >= 0.3 is 0 Å². The van der Waals surface area contributed by atoms with E-state index in [0.717, 1.165) is 12.2 Å². The second kappa shape index (κ2) is 6.89. The van der Waals surface area contributed by atoms with Gasteiger partial charge in [0.1, 0.15) is 16.4 Å². The van der Waals surface area contributed by atoms with Crippen LogP contribution in [0.3, 0.4) is 0 Å². The molecule has 3 fully saturated rings. The van der Waals surface area contributed by atoms with E-state index in [2.05, 4.69) is 4.90 Å². The fourth-order valence-corrected chi connectivity index (χ4v) is 7.90. The maximum Gasteiger partial charge on any atom is 0.246 e. The van der Waals surface area contributed by atoms with Crippen molar-refractivity contribution in [1.82, 2.24) is 9.21 Å². The van der Waals surface area contributed by atoms with E-state index in [1.54, 1.807) is 22.5 Å². The summed E-state index contributed by atoms with van der Waals surface area (Å²) >= 11 is 1.96. The highest BCUT2D eigenvalue weighted by molar-refractivity contribution is 8.01. The van der Waals surface area contributed by atoms with Crippen LogP contribution in [0.25, 0.3) is 0 Å². The van der Waals surface area contributed by atoms with Gasteiger partial charge in [0.05, 0.1) is 14.2 Å². The van der Waals surface area contributed by atoms with Crippen LogP contribution in [0.2, 0.25) is 0 Å². The number of hydrogen-bond acceptors (Lipinski definition) is 6. The lowest BCUT2D eigenvalue weighted by Gasteiger charge is -2.46. The van der Waals surface area contributed by atoms with Crippen LogP contribution in [0, 0.1) is 0 Å². The summed E-state index contributed by atoms with van der Waals surface area (Å²) in [4.78, 5) is 2.78. The number of sulfonamides is 1. The molecule has 144 valence electrons. The van der Waals surface area contributed by atoms with Crippen LogP contribution < -0.4 is 9.47 Å². The fraction of sp³-hybridized carbons (Fsp3) is 0.667. The van der Waals surface area contributed by atoms with Crippen LogP contribution in [-0.2, 0) is 10.0 Å². The molecule has 8 heteroatoms. The van der Waals surface area contributed by atoms with E-state index < -0.39 is 10.0 Å². The van der Waals surface area contributed by atoms with Crippen LogP contribution >= 0.6 is 11.8 Å². The van der Waals surface area contributed by atoms with E-state index in [4.69, 9.17) is 9.47 Å². The number of nitrogens with zero attached hydrogens (tertiary/aromatic N) is 2. The van der Waals surface area contributed by atoms with Gasteiger partial charge in [-0.3, -0.25) is 4.90 Å². The molecule has 0 N–H and O–H groups in total. The molecule has 3 aliphatic heterocycles. The van der Waals surface area contributed by atoms with Gasteiger partial charge < -0.3 is 9.47 Å². The van der Waals surface area contributed by atoms with Crippen LogP contribution in [-0.4, -0.2) is 74.6 Å². The molecule has 6 nitrogen and oxygen atoms in total. The Labute approximate surface area is 159 Å². The first-order chi connectivity index (χ1) is 12.5. The summed E-state index contributed by atoms with van der Waals surface area (Å²) in [5, 5.41) is 0. The van der Waals surface area contributed by atoms with Crippen molar-refractivity contribution in [2.75, 3.05) is 46.2 Å². The summed E-state index contributed by atoms with van der Waals surface area (Å²) in [5.41, 5.74) is 0. The van der Waals surface area contributed by atoms with Gasteiger partial charge in [-0.05, 0) is 44.5 Å². The van der Waals surface area contributed by atoms with Crippen molar-refractivity contribution in [1.29, 1.82) is 0 Å². The highest BCUT2D eigenvalue weighted by Gasteiger charge is 2.54. The molecule has 0 aliphatic carbocycles. The molecule has 1 atom stereocenters. The van der Waals surface area contributed by atoms with E-state index in [1.165, 1.54) is 40.2 Å². The highest BCUT2D eigenvalue weighted by atomic mass is 32.2. The van der Waals surface area contributed by atoms with Crippen molar-refractivity contribution >= 4 is 21.8 Å². The molecule has 26 heavy (non-hydrogen) atoms. The quantitative estimate of drug-likeness (QED) is 0.757. The number of rotatable bonds is 5. The van der Waals surface area contributed by atoms with Gasteiger partial charge in [0.2, 0.25) is 10.0 Å². The number of thioether (sulfide) groups is 1. The van der Waals surface area contributed by atoms with Gasteiger partial charge in [-0.25, -0.2) is 8.42 Å². The maximum atomic E-state index is 13.1. The Hall–Kier alpha value is -0.960. The van der Waals surface area contributed by atoms with Crippen LogP contribution in [0.1, 0.15) is 19.3 Å². The molecule has 0 amide bonds. The molecule has 3 heterocycles. The van der Waals surface area contributed by atoms with E-state index in [9.17, 15) is 8.42 Å². The van der Waals surface area contributed by atoms with Gasteiger partial charge in [-0.15, -0.1) is 0 Å².